The summed E-state index contributed by atoms with van der Waals surface area (Å²) in [5.41, 5.74) is 0.258. The Balaban J connectivity index is 2.30. The molecule has 0 bridgehead atoms. The average molecular weight is 268 g/mol. The number of nitrogens with zero attached hydrogens (tertiary/aromatic N) is 2. The van der Waals surface area contributed by atoms with Crippen LogP contribution in [0.5, 0.6) is 0 Å². The molecular weight excluding hydrogens is 261 g/mol. The zero-order valence-electron chi connectivity index (χ0n) is 8.89. The number of carbonyl (C=O) groups is 1. The Kier molecular flexibility index (Phi) is 3.38. The Bertz CT molecular complexity index is 607. The summed E-state index contributed by atoms with van der Waals surface area (Å²) >= 11 is 5.58. The minimum absolute atomic E-state index is 0.169. The van der Waals surface area contributed by atoms with Crippen LogP contribution in [0.15, 0.2) is 30.3 Å². The van der Waals surface area contributed by atoms with E-state index in [1.165, 1.54) is 24.3 Å². The van der Waals surface area contributed by atoms with Gasteiger partial charge in [0.2, 0.25) is 0 Å². The molecule has 18 heavy (non-hydrogen) atoms. The van der Waals surface area contributed by atoms with Gasteiger partial charge in [0.05, 0.1) is 0 Å². The fourth-order valence-electron chi connectivity index (χ4n) is 1.30. The molecule has 0 saturated heterocycles. The number of carboxylic acids is 1. The van der Waals surface area contributed by atoms with Gasteiger partial charge in [0.15, 0.2) is 11.0 Å². The van der Waals surface area contributed by atoms with E-state index in [9.17, 15) is 9.18 Å². The van der Waals surface area contributed by atoms with E-state index in [-0.39, 0.29) is 16.5 Å². The van der Waals surface area contributed by atoms with Crippen molar-refractivity contribution in [3.05, 3.63) is 46.9 Å². The number of rotatable bonds is 3. The van der Waals surface area contributed by atoms with Crippen molar-refractivity contribution in [1.82, 2.24) is 10.2 Å². The van der Waals surface area contributed by atoms with Crippen molar-refractivity contribution in [3.8, 4) is 0 Å². The SMILES string of the molecule is O=C(O)c1cc(Nc2cccc(F)c2)nnc1Cl. The molecule has 0 radical (unpaired) electrons. The minimum atomic E-state index is -1.21. The Morgan fingerprint density at radius 1 is 1.33 bits per heavy atom. The number of hydrogen-bond acceptors (Lipinski definition) is 4. The van der Waals surface area contributed by atoms with Gasteiger partial charge in [-0.25, -0.2) is 9.18 Å². The van der Waals surface area contributed by atoms with E-state index >= 15 is 0 Å². The molecule has 0 aliphatic heterocycles. The fourth-order valence-corrected chi connectivity index (χ4v) is 1.48. The first-order valence-corrected chi connectivity index (χ1v) is 5.23. The summed E-state index contributed by atoms with van der Waals surface area (Å²) in [5.74, 6) is -1.46. The summed E-state index contributed by atoms with van der Waals surface area (Å²) in [4.78, 5) is 10.8. The van der Waals surface area contributed by atoms with Crippen LogP contribution >= 0.6 is 11.6 Å². The molecular formula is C11H7ClFN3O2. The van der Waals surface area contributed by atoms with Crippen molar-refractivity contribution in [2.24, 2.45) is 0 Å². The van der Waals surface area contributed by atoms with Gasteiger partial charge in [-0.2, -0.15) is 0 Å². The number of hydrogen-bond donors (Lipinski definition) is 2. The second-order valence-electron chi connectivity index (χ2n) is 3.37. The summed E-state index contributed by atoms with van der Waals surface area (Å²) in [6, 6.07) is 6.89. The quantitative estimate of drug-likeness (QED) is 0.894. The normalized spacial score (nSPS) is 10.1. The number of nitrogens with one attached hydrogen (secondary N) is 1. The van der Waals surface area contributed by atoms with E-state index in [0.717, 1.165) is 0 Å². The number of anilines is 2. The highest BCUT2D eigenvalue weighted by atomic mass is 35.5. The first-order chi connectivity index (χ1) is 8.56. The van der Waals surface area contributed by atoms with Crippen LogP contribution < -0.4 is 5.32 Å². The molecule has 1 aromatic heterocycles. The van der Waals surface area contributed by atoms with Crippen LogP contribution in [0.2, 0.25) is 5.15 Å². The first kappa shape index (κ1) is 12.3. The van der Waals surface area contributed by atoms with E-state index in [2.05, 4.69) is 15.5 Å². The second-order valence-corrected chi connectivity index (χ2v) is 3.73. The largest absolute Gasteiger partial charge is 0.478 e. The molecule has 0 atom stereocenters. The fraction of sp³-hybridized carbons (Fsp3) is 0. The van der Waals surface area contributed by atoms with Crippen molar-refractivity contribution >= 4 is 29.1 Å². The molecule has 2 rings (SSSR count). The van der Waals surface area contributed by atoms with E-state index in [4.69, 9.17) is 16.7 Å². The Morgan fingerprint density at radius 3 is 2.78 bits per heavy atom. The zero-order valence-corrected chi connectivity index (χ0v) is 9.65. The van der Waals surface area contributed by atoms with Crippen LogP contribution in [0.3, 0.4) is 0 Å². The van der Waals surface area contributed by atoms with E-state index in [1.807, 2.05) is 0 Å². The molecule has 2 aromatic rings. The standard InChI is InChI=1S/C11H7ClFN3O2/c12-10-8(11(17)18)5-9(15-16-10)14-7-3-1-2-6(13)4-7/h1-5H,(H,14,15)(H,17,18). The van der Waals surface area contributed by atoms with Gasteiger partial charge in [-0.1, -0.05) is 17.7 Å². The van der Waals surface area contributed by atoms with Gasteiger partial charge >= 0.3 is 5.97 Å². The molecule has 0 aliphatic carbocycles. The first-order valence-electron chi connectivity index (χ1n) is 4.85. The van der Waals surface area contributed by atoms with Gasteiger partial charge in [0, 0.05) is 11.8 Å². The van der Waals surface area contributed by atoms with Gasteiger partial charge in [-0.05, 0) is 18.2 Å². The summed E-state index contributed by atoms with van der Waals surface area (Å²) in [7, 11) is 0. The topological polar surface area (TPSA) is 75.1 Å². The molecule has 2 N–H and O–H groups in total. The lowest BCUT2D eigenvalue weighted by Crippen LogP contribution is -2.03. The summed E-state index contributed by atoms with van der Waals surface area (Å²) in [6.07, 6.45) is 0. The molecule has 0 fully saturated rings. The number of carboxylic acid groups (broad SMARTS) is 1. The molecule has 0 amide bonds. The van der Waals surface area contributed by atoms with Crippen molar-refractivity contribution in [2.45, 2.75) is 0 Å². The molecule has 0 aliphatic rings. The third-order valence-corrected chi connectivity index (χ3v) is 2.36. The second kappa shape index (κ2) is 4.97. The van der Waals surface area contributed by atoms with Gasteiger partial charge in [0.25, 0.3) is 0 Å². The molecule has 7 heteroatoms. The smallest absolute Gasteiger partial charge is 0.339 e. The minimum Gasteiger partial charge on any atom is -0.478 e. The Labute approximate surface area is 106 Å². The van der Waals surface area contributed by atoms with Crippen molar-refractivity contribution in [2.75, 3.05) is 5.32 Å². The number of aromatic carboxylic acids is 1. The third kappa shape index (κ3) is 2.72. The summed E-state index contributed by atoms with van der Waals surface area (Å²) in [5, 5.41) is 18.6. The predicted molar refractivity (Wildman–Crippen MR) is 63.7 cm³/mol. The Morgan fingerprint density at radius 2 is 2.11 bits per heavy atom. The molecule has 0 saturated carbocycles. The highest BCUT2D eigenvalue weighted by Gasteiger charge is 2.12. The van der Waals surface area contributed by atoms with Crippen molar-refractivity contribution < 1.29 is 14.3 Å². The summed E-state index contributed by atoms with van der Waals surface area (Å²) < 4.78 is 13.0. The lowest BCUT2D eigenvalue weighted by molar-refractivity contribution is 0.0696. The summed E-state index contributed by atoms with van der Waals surface area (Å²) in [6.45, 7) is 0. The van der Waals surface area contributed by atoms with Crippen LogP contribution in [-0.2, 0) is 0 Å². The highest BCUT2D eigenvalue weighted by molar-refractivity contribution is 6.32. The predicted octanol–water partition coefficient (Wildman–Crippen LogP) is 2.71. The van der Waals surface area contributed by atoms with Crippen LogP contribution in [0, 0.1) is 5.82 Å². The maximum absolute atomic E-state index is 13.0. The van der Waals surface area contributed by atoms with Crippen LogP contribution in [-0.4, -0.2) is 21.3 Å². The average Bonchev–Trinajstić information content (AvgIpc) is 2.31. The van der Waals surface area contributed by atoms with E-state index in [1.54, 1.807) is 6.07 Å². The maximum Gasteiger partial charge on any atom is 0.339 e. The van der Waals surface area contributed by atoms with Crippen LogP contribution in [0.4, 0.5) is 15.9 Å². The lowest BCUT2D eigenvalue weighted by Gasteiger charge is -2.06. The maximum atomic E-state index is 13.0. The Hall–Kier alpha value is -2.21. The van der Waals surface area contributed by atoms with Crippen molar-refractivity contribution in [1.29, 1.82) is 0 Å². The molecule has 92 valence electrons. The van der Waals surface area contributed by atoms with E-state index < -0.39 is 11.8 Å². The van der Waals surface area contributed by atoms with Gasteiger partial charge < -0.3 is 10.4 Å². The molecule has 1 heterocycles. The highest BCUT2D eigenvalue weighted by Crippen LogP contribution is 2.19. The number of aromatic nitrogens is 2. The molecule has 0 spiro atoms. The lowest BCUT2D eigenvalue weighted by atomic mass is 10.3. The molecule has 5 nitrogen and oxygen atoms in total. The van der Waals surface area contributed by atoms with Gasteiger partial charge in [-0.3, -0.25) is 0 Å². The van der Waals surface area contributed by atoms with Crippen LogP contribution in [0.25, 0.3) is 0 Å². The third-order valence-electron chi connectivity index (χ3n) is 2.08. The zero-order chi connectivity index (χ0) is 13.1. The number of benzene rings is 1. The van der Waals surface area contributed by atoms with Crippen LogP contribution in [0.1, 0.15) is 10.4 Å². The van der Waals surface area contributed by atoms with Gasteiger partial charge in [-0.15, -0.1) is 10.2 Å². The number of halogens is 2. The molecule has 0 unspecified atom stereocenters. The molecule has 1 aromatic carbocycles. The van der Waals surface area contributed by atoms with E-state index in [0.29, 0.717) is 5.69 Å². The van der Waals surface area contributed by atoms with Gasteiger partial charge in [0.1, 0.15) is 11.4 Å². The monoisotopic (exact) mass is 267 g/mol. The van der Waals surface area contributed by atoms with Crippen molar-refractivity contribution in [3.63, 3.8) is 0 Å².